The average Bonchev–Trinajstić information content (AvgIpc) is 3.23. The second-order valence-corrected chi connectivity index (χ2v) is 6.74. The molecule has 4 rings (SSSR count). The van der Waals surface area contributed by atoms with Crippen LogP contribution in [0.3, 0.4) is 0 Å². The van der Waals surface area contributed by atoms with Gasteiger partial charge in [-0.05, 0) is 28.1 Å². The van der Waals surface area contributed by atoms with Crippen molar-refractivity contribution in [2.75, 3.05) is 31.1 Å². The van der Waals surface area contributed by atoms with Crippen molar-refractivity contribution in [1.29, 1.82) is 0 Å². The van der Waals surface area contributed by atoms with Gasteiger partial charge >= 0.3 is 0 Å². The van der Waals surface area contributed by atoms with E-state index in [0.29, 0.717) is 17.5 Å². The minimum atomic E-state index is -0.0310. The van der Waals surface area contributed by atoms with Gasteiger partial charge in [0, 0.05) is 48.7 Å². The molecule has 2 aromatic rings. The lowest BCUT2D eigenvalue weighted by atomic mass is 10.0. The van der Waals surface area contributed by atoms with E-state index in [0.717, 1.165) is 36.5 Å². The van der Waals surface area contributed by atoms with Crippen molar-refractivity contribution in [3.05, 3.63) is 34.7 Å². The summed E-state index contributed by atoms with van der Waals surface area (Å²) in [6, 6.07) is 4.04. The molecular weight excluding hydrogens is 348 g/mol. The van der Waals surface area contributed by atoms with E-state index < -0.39 is 0 Å². The average molecular weight is 363 g/mol. The highest BCUT2D eigenvalue weighted by molar-refractivity contribution is 9.10. The van der Waals surface area contributed by atoms with Crippen molar-refractivity contribution in [3.63, 3.8) is 0 Å². The molecule has 114 valence electrons. The number of pyridine rings is 1. The summed E-state index contributed by atoms with van der Waals surface area (Å²) < 4.78 is 0.986. The normalized spacial score (nSPS) is 23.9. The number of halogens is 1. The Morgan fingerprint density at radius 2 is 1.95 bits per heavy atom. The summed E-state index contributed by atoms with van der Waals surface area (Å²) in [5.41, 5.74) is 0.395. The molecule has 0 saturated carbocycles. The molecule has 7 nitrogen and oxygen atoms in total. The van der Waals surface area contributed by atoms with Crippen LogP contribution < -0.4 is 4.90 Å². The van der Waals surface area contributed by atoms with Crippen molar-refractivity contribution in [3.8, 4) is 0 Å². The van der Waals surface area contributed by atoms with Crippen LogP contribution in [-0.4, -0.2) is 57.4 Å². The number of aromatic amines is 1. The van der Waals surface area contributed by atoms with E-state index in [-0.39, 0.29) is 5.91 Å². The van der Waals surface area contributed by atoms with E-state index in [4.69, 9.17) is 0 Å². The topological polar surface area (TPSA) is 78.0 Å². The Hall–Kier alpha value is -1.96. The first kappa shape index (κ1) is 13.7. The number of anilines is 1. The number of nitrogens with zero attached hydrogens (tertiary/aromatic N) is 5. The highest BCUT2D eigenvalue weighted by atomic mass is 79.9. The van der Waals surface area contributed by atoms with Gasteiger partial charge in [-0.25, -0.2) is 4.98 Å². The molecule has 22 heavy (non-hydrogen) atoms. The quantitative estimate of drug-likeness (QED) is 0.867. The largest absolute Gasteiger partial charge is 0.356 e. The van der Waals surface area contributed by atoms with Gasteiger partial charge in [-0.15, -0.1) is 0 Å². The van der Waals surface area contributed by atoms with Crippen molar-refractivity contribution >= 4 is 27.7 Å². The van der Waals surface area contributed by atoms with Gasteiger partial charge in [0.2, 0.25) is 0 Å². The Balaban J connectivity index is 1.42. The molecule has 0 aliphatic carbocycles. The molecule has 8 heteroatoms. The molecule has 0 aromatic carbocycles. The third-order valence-electron chi connectivity index (χ3n) is 4.44. The highest BCUT2D eigenvalue weighted by Gasteiger charge is 2.42. The first-order valence-electron chi connectivity index (χ1n) is 7.22. The summed E-state index contributed by atoms with van der Waals surface area (Å²) in [6.07, 6.45) is 3.30. The molecule has 2 aliphatic heterocycles. The van der Waals surface area contributed by atoms with Gasteiger partial charge in [-0.1, -0.05) is 0 Å². The molecule has 2 fully saturated rings. The van der Waals surface area contributed by atoms with Gasteiger partial charge in [0.05, 0.1) is 6.20 Å². The SMILES string of the molecule is O=C(c1cn[nH]n1)N1CC2CN(c3ccc(Br)cn3)CC2C1. The van der Waals surface area contributed by atoms with Crippen molar-refractivity contribution in [2.45, 2.75) is 0 Å². The lowest BCUT2D eigenvalue weighted by Crippen LogP contribution is -2.33. The predicted molar refractivity (Wildman–Crippen MR) is 83.4 cm³/mol. The fraction of sp³-hybridized carbons (Fsp3) is 0.429. The Kier molecular flexibility index (Phi) is 3.33. The van der Waals surface area contributed by atoms with Crippen molar-refractivity contribution in [2.24, 2.45) is 11.8 Å². The number of hydrogen-bond donors (Lipinski definition) is 1. The van der Waals surface area contributed by atoms with Crippen LogP contribution in [-0.2, 0) is 0 Å². The van der Waals surface area contributed by atoms with E-state index >= 15 is 0 Å². The molecule has 2 atom stereocenters. The molecule has 2 aromatic heterocycles. The van der Waals surface area contributed by atoms with Crippen LogP contribution in [0, 0.1) is 11.8 Å². The van der Waals surface area contributed by atoms with E-state index in [1.54, 1.807) is 0 Å². The van der Waals surface area contributed by atoms with Crippen LogP contribution in [0.1, 0.15) is 10.5 Å². The van der Waals surface area contributed by atoms with Crippen molar-refractivity contribution < 1.29 is 4.79 Å². The van der Waals surface area contributed by atoms with E-state index in [1.807, 2.05) is 23.2 Å². The van der Waals surface area contributed by atoms with E-state index in [2.05, 4.69) is 41.2 Å². The molecule has 0 bridgehead atoms. The Morgan fingerprint density at radius 3 is 2.55 bits per heavy atom. The lowest BCUT2D eigenvalue weighted by Gasteiger charge is -2.21. The number of carbonyl (C=O) groups is 1. The number of aromatic nitrogens is 4. The van der Waals surface area contributed by atoms with Crippen LogP contribution in [0.5, 0.6) is 0 Å². The fourth-order valence-electron chi connectivity index (χ4n) is 3.37. The van der Waals surface area contributed by atoms with Crippen LogP contribution >= 0.6 is 15.9 Å². The van der Waals surface area contributed by atoms with Gasteiger partial charge in [0.25, 0.3) is 5.91 Å². The van der Waals surface area contributed by atoms with Gasteiger partial charge in [0.1, 0.15) is 5.82 Å². The molecule has 0 spiro atoms. The number of likely N-dealkylation sites (tertiary alicyclic amines) is 1. The molecule has 1 N–H and O–H groups in total. The summed E-state index contributed by atoms with van der Waals surface area (Å²) in [7, 11) is 0. The maximum Gasteiger partial charge on any atom is 0.276 e. The van der Waals surface area contributed by atoms with Gasteiger partial charge in [-0.3, -0.25) is 4.79 Å². The maximum atomic E-state index is 12.3. The highest BCUT2D eigenvalue weighted by Crippen LogP contribution is 2.33. The standard InChI is InChI=1S/C14H15BrN6O/c15-11-1-2-13(16-3-11)20-5-9-7-21(8-10(9)6-20)14(22)12-4-17-19-18-12/h1-4,9-10H,5-8H2,(H,17,18,19). The van der Waals surface area contributed by atoms with Crippen LogP contribution in [0.15, 0.2) is 29.0 Å². The monoisotopic (exact) mass is 362 g/mol. The summed E-state index contributed by atoms with van der Waals surface area (Å²) in [4.78, 5) is 21.0. The Bertz CT molecular complexity index is 659. The number of nitrogens with one attached hydrogen (secondary N) is 1. The summed E-state index contributed by atoms with van der Waals surface area (Å²) in [5, 5.41) is 10.1. The second-order valence-electron chi connectivity index (χ2n) is 5.83. The van der Waals surface area contributed by atoms with E-state index in [1.165, 1.54) is 6.20 Å². The minimum Gasteiger partial charge on any atom is -0.356 e. The van der Waals surface area contributed by atoms with Gasteiger partial charge < -0.3 is 9.80 Å². The first-order valence-corrected chi connectivity index (χ1v) is 8.01. The van der Waals surface area contributed by atoms with Crippen LogP contribution in [0.25, 0.3) is 0 Å². The molecule has 0 radical (unpaired) electrons. The Labute approximate surface area is 135 Å². The second kappa shape index (κ2) is 5.35. The first-order chi connectivity index (χ1) is 10.7. The van der Waals surface area contributed by atoms with Crippen LogP contribution in [0.4, 0.5) is 5.82 Å². The molecule has 2 unspecified atom stereocenters. The van der Waals surface area contributed by atoms with Crippen molar-refractivity contribution in [1.82, 2.24) is 25.3 Å². The number of rotatable bonds is 2. The van der Waals surface area contributed by atoms with Gasteiger partial charge in [0.15, 0.2) is 5.69 Å². The zero-order valence-corrected chi connectivity index (χ0v) is 13.4. The number of amides is 1. The molecular formula is C14H15BrN6O. The molecule has 2 aliphatic rings. The minimum absolute atomic E-state index is 0.0310. The third-order valence-corrected chi connectivity index (χ3v) is 4.91. The predicted octanol–water partition coefficient (Wildman–Crippen LogP) is 1.17. The summed E-state index contributed by atoms with van der Waals surface area (Å²) >= 11 is 3.41. The smallest absolute Gasteiger partial charge is 0.276 e. The molecule has 4 heterocycles. The third kappa shape index (κ3) is 2.37. The number of hydrogen-bond acceptors (Lipinski definition) is 5. The number of carbonyl (C=O) groups excluding carboxylic acids is 1. The number of fused-ring (bicyclic) bond motifs is 1. The maximum absolute atomic E-state index is 12.3. The zero-order valence-electron chi connectivity index (χ0n) is 11.8. The summed E-state index contributed by atoms with van der Waals surface area (Å²) in [5.74, 6) is 1.98. The fourth-order valence-corrected chi connectivity index (χ4v) is 3.60. The lowest BCUT2D eigenvalue weighted by molar-refractivity contribution is 0.0776. The van der Waals surface area contributed by atoms with E-state index in [9.17, 15) is 4.79 Å². The number of H-pyrrole nitrogens is 1. The molecule has 1 amide bonds. The van der Waals surface area contributed by atoms with Gasteiger partial charge in [-0.2, -0.15) is 15.4 Å². The van der Waals surface area contributed by atoms with Crippen LogP contribution in [0.2, 0.25) is 0 Å². The Morgan fingerprint density at radius 1 is 1.18 bits per heavy atom. The summed E-state index contributed by atoms with van der Waals surface area (Å²) in [6.45, 7) is 3.45. The molecule has 2 saturated heterocycles. The zero-order chi connectivity index (χ0) is 15.1.